The largest absolute Gasteiger partial charge is 0.368 e. The quantitative estimate of drug-likeness (QED) is 0.465. The van der Waals surface area contributed by atoms with Crippen molar-refractivity contribution in [2.75, 3.05) is 0 Å². The Hall–Kier alpha value is -0.550. The molecule has 0 saturated heterocycles. The van der Waals surface area contributed by atoms with E-state index in [0.717, 1.165) is 0 Å². The molecule has 58 valence electrons. The molecule has 1 amide bonds. The fourth-order valence-corrected chi connectivity index (χ4v) is 0.550. The van der Waals surface area contributed by atoms with Crippen LogP contribution < -0.4 is 11.5 Å². The van der Waals surface area contributed by atoms with E-state index in [-0.39, 0.29) is 18.0 Å². The molecule has 0 aliphatic carbocycles. The summed E-state index contributed by atoms with van der Waals surface area (Å²) in [6.45, 7) is 0. The van der Waals surface area contributed by atoms with E-state index < -0.39 is 11.9 Å². The van der Waals surface area contributed by atoms with Crippen LogP contribution in [0.1, 0.15) is 12.8 Å². The molecule has 4 N–H and O–H groups in total. The van der Waals surface area contributed by atoms with Crippen molar-refractivity contribution in [2.24, 2.45) is 11.5 Å². The van der Waals surface area contributed by atoms with Crippen molar-refractivity contribution in [3.8, 4) is 0 Å². The highest BCUT2D eigenvalue weighted by Gasteiger charge is 2.09. The van der Waals surface area contributed by atoms with E-state index in [1.54, 1.807) is 0 Å². The molecular formula is C5H10N2O2S. The average molecular weight is 162 g/mol. The first-order valence-electron chi connectivity index (χ1n) is 2.80. The van der Waals surface area contributed by atoms with Crippen LogP contribution >= 0.6 is 12.6 Å². The third-order valence-electron chi connectivity index (χ3n) is 1.03. The third-order valence-corrected chi connectivity index (χ3v) is 1.26. The molecule has 0 radical (unpaired) electrons. The third kappa shape index (κ3) is 4.34. The van der Waals surface area contributed by atoms with Crippen molar-refractivity contribution in [1.29, 1.82) is 0 Å². The summed E-state index contributed by atoms with van der Waals surface area (Å²) in [4.78, 5) is 20.5. The van der Waals surface area contributed by atoms with Gasteiger partial charge in [0.15, 0.2) is 5.12 Å². The van der Waals surface area contributed by atoms with Crippen LogP contribution in [-0.4, -0.2) is 17.1 Å². The van der Waals surface area contributed by atoms with Crippen LogP contribution in [0.5, 0.6) is 0 Å². The highest BCUT2D eigenvalue weighted by Crippen LogP contribution is 1.96. The number of carbonyl (C=O) groups excluding carboxylic acids is 2. The molecule has 0 aliphatic rings. The monoisotopic (exact) mass is 162 g/mol. The molecule has 0 aromatic rings. The normalized spacial score (nSPS) is 12.6. The van der Waals surface area contributed by atoms with Crippen molar-refractivity contribution >= 4 is 23.7 Å². The van der Waals surface area contributed by atoms with Crippen molar-refractivity contribution in [2.45, 2.75) is 18.9 Å². The van der Waals surface area contributed by atoms with Gasteiger partial charge in [0.2, 0.25) is 5.91 Å². The highest BCUT2D eigenvalue weighted by molar-refractivity contribution is 7.96. The van der Waals surface area contributed by atoms with E-state index in [9.17, 15) is 9.59 Å². The maximum Gasteiger partial charge on any atom is 0.234 e. The number of thiol groups is 1. The van der Waals surface area contributed by atoms with Crippen LogP contribution in [0.25, 0.3) is 0 Å². The van der Waals surface area contributed by atoms with Gasteiger partial charge in [-0.3, -0.25) is 9.59 Å². The lowest BCUT2D eigenvalue weighted by Crippen LogP contribution is -2.36. The molecule has 0 spiro atoms. The Balaban J connectivity index is 3.49. The van der Waals surface area contributed by atoms with Gasteiger partial charge in [0.05, 0.1) is 6.04 Å². The summed E-state index contributed by atoms with van der Waals surface area (Å²) in [5.74, 6) is -0.588. The van der Waals surface area contributed by atoms with Crippen molar-refractivity contribution in [3.05, 3.63) is 0 Å². The van der Waals surface area contributed by atoms with Crippen molar-refractivity contribution in [1.82, 2.24) is 0 Å². The minimum absolute atomic E-state index is 0.188. The van der Waals surface area contributed by atoms with Gasteiger partial charge < -0.3 is 11.5 Å². The van der Waals surface area contributed by atoms with Gasteiger partial charge in [0, 0.05) is 6.42 Å². The molecule has 0 heterocycles. The molecular weight excluding hydrogens is 152 g/mol. The Kier molecular flexibility index (Phi) is 4.06. The summed E-state index contributed by atoms with van der Waals surface area (Å²) in [6.07, 6.45) is 0.463. The standard InChI is InChI=1S/C5H10N2O2S/c6-3(5(7)9)1-2-4(8)10/h3H,1-2,6H2,(H2,7,9)(H,8,10)/t3-/m0/s1. The summed E-state index contributed by atoms with van der Waals surface area (Å²) in [7, 11) is 0. The van der Waals surface area contributed by atoms with Crippen LogP contribution in [0.3, 0.4) is 0 Å². The number of hydrogen-bond acceptors (Lipinski definition) is 3. The summed E-state index contributed by atoms with van der Waals surface area (Å²) in [5.41, 5.74) is 10.0. The molecule has 5 heteroatoms. The predicted molar refractivity (Wildman–Crippen MR) is 40.4 cm³/mol. The van der Waals surface area contributed by atoms with E-state index in [1.165, 1.54) is 0 Å². The molecule has 0 bridgehead atoms. The topological polar surface area (TPSA) is 86.2 Å². The first kappa shape index (κ1) is 9.45. The summed E-state index contributed by atoms with van der Waals surface area (Å²) >= 11 is 3.49. The molecule has 0 fully saturated rings. The van der Waals surface area contributed by atoms with Crippen LogP contribution in [0.15, 0.2) is 0 Å². The van der Waals surface area contributed by atoms with Crippen LogP contribution in [-0.2, 0) is 9.59 Å². The smallest absolute Gasteiger partial charge is 0.234 e. The number of hydrogen-bond donors (Lipinski definition) is 3. The van der Waals surface area contributed by atoms with Crippen LogP contribution in [0, 0.1) is 0 Å². The lowest BCUT2D eigenvalue weighted by atomic mass is 10.2. The van der Waals surface area contributed by atoms with Crippen molar-refractivity contribution in [3.63, 3.8) is 0 Å². The van der Waals surface area contributed by atoms with E-state index in [0.29, 0.717) is 0 Å². The zero-order valence-corrected chi connectivity index (χ0v) is 6.30. The number of amides is 1. The summed E-state index contributed by atoms with van der Waals surface area (Å²) in [5, 5.41) is -0.281. The van der Waals surface area contributed by atoms with Gasteiger partial charge in [-0.05, 0) is 6.42 Å². The molecule has 0 aromatic heterocycles. The molecule has 4 nitrogen and oxygen atoms in total. The second-order valence-electron chi connectivity index (χ2n) is 1.94. The zero-order chi connectivity index (χ0) is 8.15. The lowest BCUT2D eigenvalue weighted by Gasteiger charge is -2.03. The Morgan fingerprint density at radius 1 is 1.50 bits per heavy atom. The maximum absolute atomic E-state index is 10.3. The molecule has 10 heavy (non-hydrogen) atoms. The number of carbonyl (C=O) groups is 2. The fraction of sp³-hybridized carbons (Fsp3) is 0.600. The lowest BCUT2D eigenvalue weighted by molar-refractivity contribution is -0.119. The second-order valence-corrected chi connectivity index (χ2v) is 2.44. The van der Waals surface area contributed by atoms with E-state index >= 15 is 0 Å². The van der Waals surface area contributed by atoms with Gasteiger partial charge in [-0.25, -0.2) is 0 Å². The van der Waals surface area contributed by atoms with Crippen molar-refractivity contribution < 1.29 is 9.59 Å². The molecule has 0 rings (SSSR count). The predicted octanol–water partition coefficient (Wildman–Crippen LogP) is -0.964. The summed E-state index contributed by atoms with van der Waals surface area (Å²) < 4.78 is 0. The number of primary amides is 1. The second kappa shape index (κ2) is 4.29. The minimum atomic E-state index is -0.726. The molecule has 0 unspecified atom stereocenters. The Morgan fingerprint density at radius 2 is 2.00 bits per heavy atom. The van der Waals surface area contributed by atoms with E-state index in [1.807, 2.05) is 0 Å². The molecule has 0 saturated carbocycles. The number of nitrogens with two attached hydrogens (primary N) is 2. The fourth-order valence-electron chi connectivity index (χ4n) is 0.421. The molecule has 1 atom stereocenters. The first-order valence-corrected chi connectivity index (χ1v) is 3.25. The Morgan fingerprint density at radius 3 is 2.30 bits per heavy atom. The van der Waals surface area contributed by atoms with Gasteiger partial charge >= 0.3 is 0 Å². The Bertz CT molecular complexity index is 149. The SMILES string of the molecule is NC(=O)[C@@H](N)CCC(=O)S. The molecule has 0 aliphatic heterocycles. The van der Waals surface area contributed by atoms with Gasteiger partial charge in [-0.15, -0.1) is 12.6 Å². The van der Waals surface area contributed by atoms with E-state index in [2.05, 4.69) is 12.6 Å². The van der Waals surface area contributed by atoms with Crippen LogP contribution in [0.4, 0.5) is 0 Å². The Labute approximate surface area is 64.4 Å². The van der Waals surface area contributed by atoms with Crippen LogP contribution in [0.2, 0.25) is 0 Å². The number of rotatable bonds is 4. The zero-order valence-electron chi connectivity index (χ0n) is 5.41. The highest BCUT2D eigenvalue weighted by atomic mass is 32.1. The van der Waals surface area contributed by atoms with Gasteiger partial charge in [-0.1, -0.05) is 0 Å². The first-order chi connectivity index (χ1) is 4.54. The van der Waals surface area contributed by atoms with Gasteiger partial charge in [0.25, 0.3) is 0 Å². The van der Waals surface area contributed by atoms with E-state index in [4.69, 9.17) is 11.5 Å². The minimum Gasteiger partial charge on any atom is -0.368 e. The van der Waals surface area contributed by atoms with Gasteiger partial charge in [0.1, 0.15) is 0 Å². The maximum atomic E-state index is 10.3. The van der Waals surface area contributed by atoms with Gasteiger partial charge in [-0.2, -0.15) is 0 Å². The summed E-state index contributed by atoms with van der Waals surface area (Å²) in [6, 6.07) is -0.726. The average Bonchev–Trinajstić information content (AvgIpc) is 1.82. The molecule has 0 aromatic carbocycles.